The Labute approximate surface area is 67.0 Å². The number of hydrogen-bond donors (Lipinski definition) is 1. The SMILES string of the molecule is CO[C@@H](N)Cc1ccccc1. The molecule has 1 atom stereocenters. The predicted molar refractivity (Wildman–Crippen MR) is 45.1 cm³/mol. The van der Waals surface area contributed by atoms with Crippen molar-refractivity contribution in [1.82, 2.24) is 0 Å². The highest BCUT2D eigenvalue weighted by Gasteiger charge is 1.99. The van der Waals surface area contributed by atoms with Gasteiger partial charge in [0, 0.05) is 13.5 Å². The van der Waals surface area contributed by atoms with E-state index in [-0.39, 0.29) is 6.23 Å². The third kappa shape index (κ3) is 2.70. The van der Waals surface area contributed by atoms with Gasteiger partial charge in [0.05, 0.1) is 0 Å². The Hall–Kier alpha value is -0.860. The van der Waals surface area contributed by atoms with Gasteiger partial charge in [0.25, 0.3) is 0 Å². The van der Waals surface area contributed by atoms with Crippen LogP contribution in [-0.4, -0.2) is 13.3 Å². The van der Waals surface area contributed by atoms with Gasteiger partial charge in [0.15, 0.2) is 0 Å². The summed E-state index contributed by atoms with van der Waals surface area (Å²) in [6.07, 6.45) is 0.592. The molecule has 0 saturated carbocycles. The van der Waals surface area contributed by atoms with E-state index in [0.29, 0.717) is 0 Å². The van der Waals surface area contributed by atoms with E-state index in [0.717, 1.165) is 6.42 Å². The van der Waals surface area contributed by atoms with Crippen molar-refractivity contribution < 1.29 is 4.74 Å². The summed E-state index contributed by atoms with van der Waals surface area (Å²) in [5.41, 5.74) is 6.79. The Kier molecular flexibility index (Phi) is 3.08. The topological polar surface area (TPSA) is 35.2 Å². The van der Waals surface area contributed by atoms with Crippen molar-refractivity contribution in [2.24, 2.45) is 5.73 Å². The molecular weight excluding hydrogens is 138 g/mol. The van der Waals surface area contributed by atoms with Crippen LogP contribution < -0.4 is 5.73 Å². The first-order valence-electron chi connectivity index (χ1n) is 3.65. The van der Waals surface area contributed by atoms with Crippen LogP contribution in [0, 0.1) is 0 Å². The molecular formula is C9H13NO. The molecule has 1 aromatic rings. The van der Waals surface area contributed by atoms with Crippen LogP contribution in [0.25, 0.3) is 0 Å². The molecule has 1 rings (SSSR count). The Bertz CT molecular complexity index is 198. The van der Waals surface area contributed by atoms with Crippen molar-refractivity contribution in [1.29, 1.82) is 0 Å². The molecule has 11 heavy (non-hydrogen) atoms. The molecule has 2 heteroatoms. The number of nitrogens with two attached hydrogens (primary N) is 1. The minimum absolute atomic E-state index is 0.183. The molecule has 0 radical (unpaired) electrons. The second-order valence-electron chi connectivity index (χ2n) is 2.46. The lowest BCUT2D eigenvalue weighted by molar-refractivity contribution is 0.109. The van der Waals surface area contributed by atoms with E-state index in [1.165, 1.54) is 5.56 Å². The van der Waals surface area contributed by atoms with Crippen LogP contribution in [0.15, 0.2) is 30.3 Å². The summed E-state index contributed by atoms with van der Waals surface area (Å²) in [5, 5.41) is 0. The molecule has 0 aliphatic heterocycles. The van der Waals surface area contributed by atoms with E-state index in [4.69, 9.17) is 10.5 Å². The zero-order valence-corrected chi connectivity index (χ0v) is 6.66. The molecule has 0 heterocycles. The average molecular weight is 151 g/mol. The van der Waals surface area contributed by atoms with E-state index in [1.54, 1.807) is 7.11 Å². The molecule has 0 aliphatic rings. The lowest BCUT2D eigenvalue weighted by Gasteiger charge is -2.08. The number of ether oxygens (including phenoxy) is 1. The molecule has 2 N–H and O–H groups in total. The van der Waals surface area contributed by atoms with E-state index >= 15 is 0 Å². The van der Waals surface area contributed by atoms with Crippen LogP contribution in [0.5, 0.6) is 0 Å². The van der Waals surface area contributed by atoms with E-state index < -0.39 is 0 Å². The highest BCUT2D eigenvalue weighted by molar-refractivity contribution is 5.15. The number of rotatable bonds is 3. The molecule has 0 aliphatic carbocycles. The van der Waals surface area contributed by atoms with Gasteiger partial charge in [-0.1, -0.05) is 30.3 Å². The third-order valence-corrected chi connectivity index (χ3v) is 1.58. The largest absolute Gasteiger partial charge is 0.366 e. The van der Waals surface area contributed by atoms with Gasteiger partial charge in [-0.3, -0.25) is 0 Å². The van der Waals surface area contributed by atoms with E-state index in [2.05, 4.69) is 0 Å². The second-order valence-corrected chi connectivity index (χ2v) is 2.46. The fraction of sp³-hybridized carbons (Fsp3) is 0.333. The van der Waals surface area contributed by atoms with Gasteiger partial charge >= 0.3 is 0 Å². The van der Waals surface area contributed by atoms with Crippen LogP contribution in [0.1, 0.15) is 5.56 Å². The quantitative estimate of drug-likeness (QED) is 0.658. The summed E-state index contributed by atoms with van der Waals surface area (Å²) in [6.45, 7) is 0. The van der Waals surface area contributed by atoms with E-state index in [9.17, 15) is 0 Å². The summed E-state index contributed by atoms with van der Waals surface area (Å²) in [6, 6.07) is 10.1. The average Bonchev–Trinajstić information content (AvgIpc) is 2.06. The third-order valence-electron chi connectivity index (χ3n) is 1.58. The molecule has 0 bridgehead atoms. The maximum Gasteiger partial charge on any atom is 0.109 e. The maximum atomic E-state index is 5.58. The summed E-state index contributed by atoms with van der Waals surface area (Å²) < 4.78 is 4.93. The fourth-order valence-electron chi connectivity index (χ4n) is 0.930. The first-order valence-corrected chi connectivity index (χ1v) is 3.65. The van der Waals surface area contributed by atoms with Crippen LogP contribution in [0.2, 0.25) is 0 Å². The van der Waals surface area contributed by atoms with Gasteiger partial charge in [0.2, 0.25) is 0 Å². The van der Waals surface area contributed by atoms with Gasteiger partial charge in [-0.05, 0) is 5.56 Å². The van der Waals surface area contributed by atoms with Gasteiger partial charge in [0.1, 0.15) is 6.23 Å². The van der Waals surface area contributed by atoms with Gasteiger partial charge < -0.3 is 10.5 Å². The summed E-state index contributed by atoms with van der Waals surface area (Å²) in [7, 11) is 1.62. The van der Waals surface area contributed by atoms with Crippen LogP contribution in [0.3, 0.4) is 0 Å². The van der Waals surface area contributed by atoms with Crippen molar-refractivity contribution >= 4 is 0 Å². The number of benzene rings is 1. The van der Waals surface area contributed by atoms with Gasteiger partial charge in [-0.15, -0.1) is 0 Å². The molecule has 0 saturated heterocycles. The zero-order chi connectivity index (χ0) is 8.10. The Balaban J connectivity index is 2.51. The minimum atomic E-state index is -0.183. The monoisotopic (exact) mass is 151 g/mol. The van der Waals surface area contributed by atoms with Gasteiger partial charge in [-0.2, -0.15) is 0 Å². The lowest BCUT2D eigenvalue weighted by atomic mass is 10.1. The fourth-order valence-corrected chi connectivity index (χ4v) is 0.930. The number of hydrogen-bond acceptors (Lipinski definition) is 2. The van der Waals surface area contributed by atoms with Crippen molar-refractivity contribution in [3.05, 3.63) is 35.9 Å². The molecule has 60 valence electrons. The molecule has 1 aromatic carbocycles. The highest BCUT2D eigenvalue weighted by Crippen LogP contribution is 2.01. The molecule has 0 spiro atoms. The Morgan fingerprint density at radius 1 is 1.36 bits per heavy atom. The van der Waals surface area contributed by atoms with Crippen molar-refractivity contribution in [2.45, 2.75) is 12.6 Å². The molecule has 0 fully saturated rings. The Morgan fingerprint density at radius 2 is 2.00 bits per heavy atom. The number of methoxy groups -OCH3 is 1. The van der Waals surface area contributed by atoms with Crippen molar-refractivity contribution in [3.63, 3.8) is 0 Å². The summed E-state index contributed by atoms with van der Waals surface area (Å²) in [4.78, 5) is 0. The lowest BCUT2D eigenvalue weighted by Crippen LogP contribution is -2.24. The van der Waals surface area contributed by atoms with Crippen molar-refractivity contribution in [3.8, 4) is 0 Å². The summed E-state index contributed by atoms with van der Waals surface area (Å²) >= 11 is 0. The smallest absolute Gasteiger partial charge is 0.109 e. The zero-order valence-electron chi connectivity index (χ0n) is 6.66. The first kappa shape index (κ1) is 8.24. The minimum Gasteiger partial charge on any atom is -0.366 e. The Morgan fingerprint density at radius 3 is 2.55 bits per heavy atom. The maximum absolute atomic E-state index is 5.58. The van der Waals surface area contributed by atoms with Crippen molar-refractivity contribution in [2.75, 3.05) is 7.11 Å². The molecule has 0 amide bonds. The van der Waals surface area contributed by atoms with Crippen LogP contribution >= 0.6 is 0 Å². The molecule has 2 nitrogen and oxygen atoms in total. The van der Waals surface area contributed by atoms with E-state index in [1.807, 2.05) is 30.3 Å². The predicted octanol–water partition coefficient (Wildman–Crippen LogP) is 1.16. The van der Waals surface area contributed by atoms with Crippen LogP contribution in [-0.2, 0) is 11.2 Å². The second kappa shape index (κ2) is 4.11. The standard InChI is InChI=1S/C9H13NO/c1-11-9(10)7-8-5-3-2-4-6-8/h2-6,9H,7,10H2,1H3/t9-/m1/s1. The normalized spacial score (nSPS) is 12.9. The highest BCUT2D eigenvalue weighted by atomic mass is 16.5. The molecule has 0 aromatic heterocycles. The molecule has 0 unspecified atom stereocenters. The first-order chi connectivity index (χ1) is 5.33. The van der Waals surface area contributed by atoms with Gasteiger partial charge in [-0.25, -0.2) is 0 Å². The summed E-state index contributed by atoms with van der Waals surface area (Å²) in [5.74, 6) is 0. The van der Waals surface area contributed by atoms with Crippen LogP contribution in [0.4, 0.5) is 0 Å².